The lowest BCUT2D eigenvalue weighted by Gasteiger charge is -2.35. The number of hydrogen-bond acceptors (Lipinski definition) is 1. The van der Waals surface area contributed by atoms with Crippen LogP contribution in [0, 0.1) is 12.3 Å². The van der Waals surface area contributed by atoms with Gasteiger partial charge in [-0.25, -0.2) is 0 Å². The van der Waals surface area contributed by atoms with Gasteiger partial charge in [-0.1, -0.05) is 30.3 Å². The number of terminal acetylenes is 1. The van der Waals surface area contributed by atoms with E-state index in [4.69, 9.17) is 6.42 Å². The molecule has 0 radical (unpaired) electrons. The highest BCUT2D eigenvalue weighted by molar-refractivity contribution is 5.79. The fourth-order valence-corrected chi connectivity index (χ4v) is 2.56. The second kappa shape index (κ2) is 4.53. The van der Waals surface area contributed by atoms with Gasteiger partial charge in [0.2, 0.25) is 0 Å². The molecule has 1 aromatic rings. The van der Waals surface area contributed by atoms with Crippen LogP contribution in [0.2, 0.25) is 0 Å². The number of ketones is 1. The van der Waals surface area contributed by atoms with Crippen LogP contribution in [0.4, 0.5) is 0 Å². The maximum Gasteiger partial charge on any atom is 0.132 e. The van der Waals surface area contributed by atoms with Crippen LogP contribution in [0.15, 0.2) is 30.3 Å². The first kappa shape index (κ1) is 11.0. The van der Waals surface area contributed by atoms with Gasteiger partial charge in [0, 0.05) is 24.7 Å². The normalized spacial score (nSPS) is 19.1. The predicted molar refractivity (Wildman–Crippen MR) is 65.0 cm³/mol. The van der Waals surface area contributed by atoms with E-state index in [0.717, 1.165) is 19.3 Å². The molecular formula is C15H16O. The van der Waals surface area contributed by atoms with Gasteiger partial charge in [0.25, 0.3) is 0 Å². The minimum absolute atomic E-state index is 0.0456. The summed E-state index contributed by atoms with van der Waals surface area (Å²) < 4.78 is 0. The van der Waals surface area contributed by atoms with Crippen molar-refractivity contribution in [3.63, 3.8) is 0 Å². The Morgan fingerprint density at radius 3 is 2.38 bits per heavy atom. The molecule has 1 aliphatic carbocycles. The highest BCUT2D eigenvalue weighted by Gasteiger charge is 2.35. The first-order chi connectivity index (χ1) is 7.77. The summed E-state index contributed by atoms with van der Waals surface area (Å²) in [5.41, 5.74) is 1.34. The minimum Gasteiger partial charge on any atom is -0.300 e. The van der Waals surface area contributed by atoms with Gasteiger partial charge in [-0.3, -0.25) is 4.79 Å². The number of carbonyl (C=O) groups excluding carboxylic acids is 1. The molecule has 0 N–H and O–H groups in total. The molecule has 0 unspecified atom stereocenters. The third-order valence-electron chi connectivity index (χ3n) is 3.59. The molecule has 82 valence electrons. The van der Waals surface area contributed by atoms with Crippen LogP contribution in [-0.4, -0.2) is 5.78 Å². The summed E-state index contributed by atoms with van der Waals surface area (Å²) in [6, 6.07) is 10.4. The molecule has 2 rings (SSSR count). The van der Waals surface area contributed by atoms with Gasteiger partial charge in [0.1, 0.15) is 5.78 Å². The highest BCUT2D eigenvalue weighted by atomic mass is 16.1. The van der Waals surface area contributed by atoms with Crippen LogP contribution >= 0.6 is 0 Å². The van der Waals surface area contributed by atoms with E-state index in [1.54, 1.807) is 0 Å². The molecule has 0 amide bonds. The summed E-state index contributed by atoms with van der Waals surface area (Å²) in [5, 5.41) is 0. The van der Waals surface area contributed by atoms with Crippen molar-refractivity contribution in [1.82, 2.24) is 0 Å². The maximum atomic E-state index is 11.3. The lowest BCUT2D eigenvalue weighted by Crippen LogP contribution is -2.31. The predicted octanol–water partition coefficient (Wildman–Crippen LogP) is 3.09. The molecule has 1 heteroatoms. The Morgan fingerprint density at radius 1 is 1.19 bits per heavy atom. The van der Waals surface area contributed by atoms with Crippen molar-refractivity contribution in [2.45, 2.75) is 37.5 Å². The molecule has 0 saturated heterocycles. The topological polar surface area (TPSA) is 17.1 Å². The van der Waals surface area contributed by atoms with Gasteiger partial charge in [-0.15, -0.1) is 12.3 Å². The van der Waals surface area contributed by atoms with Crippen LogP contribution < -0.4 is 0 Å². The number of carbonyl (C=O) groups is 1. The largest absolute Gasteiger partial charge is 0.300 e. The summed E-state index contributed by atoms with van der Waals surface area (Å²) >= 11 is 0. The average molecular weight is 212 g/mol. The molecule has 1 saturated carbocycles. The number of Topliss-reactive ketones (excluding diaryl/α,β-unsaturated/α-hetero) is 1. The molecule has 1 aromatic carbocycles. The zero-order valence-corrected chi connectivity index (χ0v) is 9.41. The minimum atomic E-state index is 0.0456. The second-order valence-corrected chi connectivity index (χ2v) is 4.57. The molecule has 0 aromatic heterocycles. The third kappa shape index (κ3) is 2.02. The first-order valence-electron chi connectivity index (χ1n) is 5.77. The fraction of sp³-hybridized carbons (Fsp3) is 0.400. The van der Waals surface area contributed by atoms with Crippen LogP contribution in [0.5, 0.6) is 0 Å². The van der Waals surface area contributed by atoms with Crippen molar-refractivity contribution in [1.29, 1.82) is 0 Å². The smallest absolute Gasteiger partial charge is 0.132 e. The summed E-state index contributed by atoms with van der Waals surface area (Å²) in [6.45, 7) is 0. The zero-order valence-electron chi connectivity index (χ0n) is 9.41. The molecule has 1 nitrogen and oxygen atoms in total. The molecule has 0 heterocycles. The van der Waals surface area contributed by atoms with Gasteiger partial charge >= 0.3 is 0 Å². The van der Waals surface area contributed by atoms with E-state index in [0.29, 0.717) is 18.6 Å². The Balaban J connectivity index is 2.30. The van der Waals surface area contributed by atoms with Gasteiger partial charge in [-0.2, -0.15) is 0 Å². The van der Waals surface area contributed by atoms with E-state index in [9.17, 15) is 4.79 Å². The SMILES string of the molecule is C#CCC1(c2ccccc2)CCC(=O)CC1. The Labute approximate surface area is 96.9 Å². The summed E-state index contributed by atoms with van der Waals surface area (Å²) in [5.74, 6) is 3.16. The Bertz CT molecular complexity index is 401. The maximum absolute atomic E-state index is 11.3. The van der Waals surface area contributed by atoms with Crippen molar-refractivity contribution in [2.24, 2.45) is 0 Å². The number of hydrogen-bond donors (Lipinski definition) is 0. The van der Waals surface area contributed by atoms with Crippen molar-refractivity contribution in [3.05, 3.63) is 35.9 Å². The van der Waals surface area contributed by atoms with Crippen LogP contribution in [0.1, 0.15) is 37.7 Å². The average Bonchev–Trinajstić information content (AvgIpc) is 2.34. The molecule has 16 heavy (non-hydrogen) atoms. The Morgan fingerprint density at radius 2 is 1.81 bits per heavy atom. The molecule has 0 atom stereocenters. The van der Waals surface area contributed by atoms with E-state index in [1.807, 2.05) is 18.2 Å². The first-order valence-corrected chi connectivity index (χ1v) is 5.77. The van der Waals surface area contributed by atoms with Gasteiger partial charge < -0.3 is 0 Å². The van der Waals surface area contributed by atoms with E-state index in [-0.39, 0.29) is 5.41 Å². The number of rotatable bonds is 2. The lowest BCUT2D eigenvalue weighted by molar-refractivity contribution is -0.121. The highest BCUT2D eigenvalue weighted by Crippen LogP contribution is 2.40. The standard InChI is InChI=1S/C15H16O/c1-2-10-15(11-8-14(16)9-12-15)13-6-4-3-5-7-13/h1,3-7H,8-12H2. The fourth-order valence-electron chi connectivity index (χ4n) is 2.56. The van der Waals surface area contributed by atoms with Crippen molar-refractivity contribution in [3.8, 4) is 12.3 Å². The quantitative estimate of drug-likeness (QED) is 0.688. The van der Waals surface area contributed by atoms with E-state index >= 15 is 0 Å². The number of benzene rings is 1. The van der Waals surface area contributed by atoms with Gasteiger partial charge in [0.05, 0.1) is 0 Å². The van der Waals surface area contributed by atoms with Crippen LogP contribution in [-0.2, 0) is 10.2 Å². The Kier molecular flexibility index (Phi) is 3.10. The molecule has 1 fully saturated rings. The van der Waals surface area contributed by atoms with E-state index in [1.165, 1.54) is 5.56 Å². The third-order valence-corrected chi connectivity index (χ3v) is 3.59. The molecule has 0 bridgehead atoms. The molecule has 1 aliphatic rings. The summed E-state index contributed by atoms with van der Waals surface area (Å²) in [7, 11) is 0. The van der Waals surface area contributed by atoms with Crippen molar-refractivity contribution < 1.29 is 4.79 Å². The molecule has 0 aliphatic heterocycles. The van der Waals surface area contributed by atoms with Gasteiger partial charge in [0.15, 0.2) is 0 Å². The Hall–Kier alpha value is -1.55. The van der Waals surface area contributed by atoms with Crippen molar-refractivity contribution in [2.75, 3.05) is 0 Å². The van der Waals surface area contributed by atoms with E-state index < -0.39 is 0 Å². The van der Waals surface area contributed by atoms with E-state index in [2.05, 4.69) is 18.1 Å². The molecular weight excluding hydrogens is 196 g/mol. The van der Waals surface area contributed by atoms with Gasteiger partial charge in [-0.05, 0) is 18.4 Å². The summed E-state index contributed by atoms with van der Waals surface area (Å²) in [4.78, 5) is 11.3. The monoisotopic (exact) mass is 212 g/mol. The molecule has 0 spiro atoms. The van der Waals surface area contributed by atoms with Crippen molar-refractivity contribution >= 4 is 5.78 Å². The summed E-state index contributed by atoms with van der Waals surface area (Å²) in [6.07, 6.45) is 9.38. The van der Waals surface area contributed by atoms with Crippen LogP contribution in [0.3, 0.4) is 0 Å². The second-order valence-electron chi connectivity index (χ2n) is 4.57. The lowest BCUT2D eigenvalue weighted by atomic mass is 9.67. The zero-order chi connectivity index (χ0) is 11.4. The van der Waals surface area contributed by atoms with Crippen LogP contribution in [0.25, 0.3) is 0 Å².